The SMILES string of the molecule is CCc1ncn(CC(O)(c2ccc(C(F)(F)F)cc2)C(C)(C)SC)n1. The fourth-order valence-electron chi connectivity index (χ4n) is 2.54. The van der Waals surface area contributed by atoms with Crippen molar-refractivity contribution in [3.05, 3.63) is 47.5 Å². The van der Waals surface area contributed by atoms with Crippen LogP contribution in [0.3, 0.4) is 0 Å². The van der Waals surface area contributed by atoms with Crippen LogP contribution in [0.2, 0.25) is 0 Å². The zero-order valence-corrected chi connectivity index (χ0v) is 15.4. The van der Waals surface area contributed by atoms with E-state index >= 15 is 0 Å². The van der Waals surface area contributed by atoms with Gasteiger partial charge in [0.25, 0.3) is 0 Å². The Bertz CT molecular complexity index is 713. The summed E-state index contributed by atoms with van der Waals surface area (Å²) in [6, 6.07) is 4.65. The van der Waals surface area contributed by atoms with E-state index in [-0.39, 0.29) is 6.54 Å². The third-order valence-electron chi connectivity index (χ3n) is 4.49. The molecule has 0 aliphatic carbocycles. The van der Waals surface area contributed by atoms with Crippen molar-refractivity contribution in [3.63, 3.8) is 0 Å². The lowest BCUT2D eigenvalue weighted by Crippen LogP contribution is -2.48. The van der Waals surface area contributed by atoms with Gasteiger partial charge in [-0.2, -0.15) is 30.0 Å². The molecule has 1 aromatic heterocycles. The van der Waals surface area contributed by atoms with Crippen molar-refractivity contribution in [2.45, 2.75) is 50.3 Å². The van der Waals surface area contributed by atoms with Gasteiger partial charge in [0, 0.05) is 11.2 Å². The van der Waals surface area contributed by atoms with Gasteiger partial charge in [-0.1, -0.05) is 19.1 Å². The minimum Gasteiger partial charge on any atom is -0.382 e. The third-order valence-corrected chi connectivity index (χ3v) is 5.85. The average molecular weight is 373 g/mol. The van der Waals surface area contributed by atoms with Crippen LogP contribution < -0.4 is 0 Å². The van der Waals surface area contributed by atoms with Gasteiger partial charge in [-0.25, -0.2) is 9.67 Å². The second-order valence-electron chi connectivity index (χ2n) is 6.36. The summed E-state index contributed by atoms with van der Waals surface area (Å²) in [6.07, 6.45) is -0.358. The zero-order valence-electron chi connectivity index (χ0n) is 14.6. The molecule has 0 saturated heterocycles. The molecular formula is C17H22F3N3OS. The molecule has 138 valence electrons. The van der Waals surface area contributed by atoms with Crippen molar-refractivity contribution in [3.8, 4) is 0 Å². The number of rotatable bonds is 6. The van der Waals surface area contributed by atoms with Crippen LogP contribution in [0.1, 0.15) is 37.7 Å². The standard InChI is InChI=1S/C17H22F3N3OS/c1-5-14-21-11-23(22-14)10-16(24,15(2,3)25-4)12-6-8-13(9-7-12)17(18,19)20/h6-9,11,24H,5,10H2,1-4H3. The molecule has 1 aromatic carbocycles. The minimum absolute atomic E-state index is 0.0964. The Morgan fingerprint density at radius 1 is 1.12 bits per heavy atom. The number of alkyl halides is 3. The molecule has 0 amide bonds. The Balaban J connectivity index is 2.45. The largest absolute Gasteiger partial charge is 0.416 e. The summed E-state index contributed by atoms with van der Waals surface area (Å²) < 4.78 is 39.3. The fourth-order valence-corrected chi connectivity index (χ4v) is 3.06. The van der Waals surface area contributed by atoms with E-state index in [2.05, 4.69) is 10.1 Å². The number of nitrogens with zero attached hydrogens (tertiary/aromatic N) is 3. The predicted octanol–water partition coefficient (Wildman–Crippen LogP) is 3.89. The van der Waals surface area contributed by atoms with Gasteiger partial charge in [0.05, 0.1) is 12.1 Å². The number of halogens is 3. The topological polar surface area (TPSA) is 50.9 Å². The van der Waals surface area contributed by atoms with E-state index in [9.17, 15) is 18.3 Å². The minimum atomic E-state index is -4.41. The van der Waals surface area contributed by atoms with E-state index in [0.717, 1.165) is 12.1 Å². The Kier molecular flexibility index (Phi) is 5.53. The molecule has 8 heteroatoms. The van der Waals surface area contributed by atoms with Gasteiger partial charge in [0.1, 0.15) is 17.8 Å². The summed E-state index contributed by atoms with van der Waals surface area (Å²) in [5.74, 6) is 0.650. The number of hydrogen-bond acceptors (Lipinski definition) is 4. The van der Waals surface area contributed by atoms with Gasteiger partial charge in [-0.3, -0.25) is 0 Å². The first kappa shape index (κ1) is 19.8. The van der Waals surface area contributed by atoms with Crippen molar-refractivity contribution in [2.75, 3.05) is 6.26 Å². The molecule has 0 saturated carbocycles. The van der Waals surface area contributed by atoms with Crippen LogP contribution in [-0.2, 0) is 24.7 Å². The van der Waals surface area contributed by atoms with Gasteiger partial charge in [0.15, 0.2) is 0 Å². The molecule has 1 unspecified atom stereocenters. The second-order valence-corrected chi connectivity index (χ2v) is 7.79. The van der Waals surface area contributed by atoms with Crippen LogP contribution >= 0.6 is 11.8 Å². The number of thioether (sulfide) groups is 1. The third kappa shape index (κ3) is 4.00. The van der Waals surface area contributed by atoms with Crippen LogP contribution in [0.25, 0.3) is 0 Å². The Labute approximate surface area is 149 Å². The van der Waals surface area contributed by atoms with E-state index in [4.69, 9.17) is 0 Å². The van der Waals surface area contributed by atoms with Gasteiger partial charge in [0.2, 0.25) is 0 Å². The van der Waals surface area contributed by atoms with E-state index < -0.39 is 22.1 Å². The lowest BCUT2D eigenvalue weighted by molar-refractivity contribution is -0.137. The van der Waals surface area contributed by atoms with Gasteiger partial charge in [-0.05, 0) is 37.8 Å². The summed E-state index contributed by atoms with van der Waals surface area (Å²) in [7, 11) is 0. The average Bonchev–Trinajstić information content (AvgIpc) is 3.01. The maximum Gasteiger partial charge on any atom is 0.416 e. The number of aliphatic hydroxyl groups is 1. The van der Waals surface area contributed by atoms with Gasteiger partial charge >= 0.3 is 6.18 Å². The summed E-state index contributed by atoms with van der Waals surface area (Å²) in [6.45, 7) is 5.73. The second kappa shape index (κ2) is 6.99. The molecule has 0 fully saturated rings. The highest BCUT2D eigenvalue weighted by Gasteiger charge is 2.45. The lowest BCUT2D eigenvalue weighted by atomic mass is 9.82. The van der Waals surface area contributed by atoms with Crippen molar-refractivity contribution in [1.82, 2.24) is 14.8 Å². The lowest BCUT2D eigenvalue weighted by Gasteiger charge is -2.42. The molecule has 25 heavy (non-hydrogen) atoms. The number of hydrogen-bond donors (Lipinski definition) is 1. The Hall–Kier alpha value is -1.54. The Morgan fingerprint density at radius 2 is 1.68 bits per heavy atom. The molecule has 0 spiro atoms. The van der Waals surface area contributed by atoms with Crippen LogP contribution in [0, 0.1) is 0 Å². The molecular weight excluding hydrogens is 351 g/mol. The molecule has 0 aliphatic rings. The smallest absolute Gasteiger partial charge is 0.382 e. The van der Waals surface area contributed by atoms with Gasteiger partial charge in [-0.15, -0.1) is 0 Å². The zero-order chi connectivity index (χ0) is 18.9. The fraction of sp³-hybridized carbons (Fsp3) is 0.529. The van der Waals surface area contributed by atoms with E-state index in [1.54, 1.807) is 0 Å². The molecule has 2 aromatic rings. The van der Waals surface area contributed by atoms with Crippen molar-refractivity contribution in [1.29, 1.82) is 0 Å². The molecule has 4 nitrogen and oxygen atoms in total. The van der Waals surface area contributed by atoms with Crippen LogP contribution in [0.5, 0.6) is 0 Å². The highest BCUT2D eigenvalue weighted by atomic mass is 32.2. The van der Waals surface area contributed by atoms with Crippen molar-refractivity contribution < 1.29 is 18.3 Å². The molecule has 0 aliphatic heterocycles. The molecule has 2 rings (SSSR count). The first-order chi connectivity index (χ1) is 11.5. The quantitative estimate of drug-likeness (QED) is 0.835. The Morgan fingerprint density at radius 3 is 2.12 bits per heavy atom. The predicted molar refractivity (Wildman–Crippen MR) is 92.3 cm³/mol. The van der Waals surface area contributed by atoms with Gasteiger partial charge < -0.3 is 5.11 Å². The monoisotopic (exact) mass is 373 g/mol. The summed E-state index contributed by atoms with van der Waals surface area (Å²) >= 11 is 1.44. The molecule has 0 radical (unpaired) electrons. The summed E-state index contributed by atoms with van der Waals surface area (Å²) in [5.41, 5.74) is -1.75. The molecule has 1 heterocycles. The van der Waals surface area contributed by atoms with E-state index in [1.807, 2.05) is 27.0 Å². The maximum absolute atomic E-state index is 12.8. The summed E-state index contributed by atoms with van der Waals surface area (Å²) in [5, 5.41) is 15.7. The highest BCUT2D eigenvalue weighted by Crippen LogP contribution is 2.43. The first-order valence-corrected chi connectivity index (χ1v) is 9.09. The first-order valence-electron chi connectivity index (χ1n) is 7.87. The van der Waals surface area contributed by atoms with Crippen LogP contribution in [0.4, 0.5) is 13.2 Å². The molecule has 1 atom stereocenters. The highest BCUT2D eigenvalue weighted by molar-refractivity contribution is 8.00. The number of benzene rings is 1. The van der Waals surface area contributed by atoms with Crippen LogP contribution in [-0.4, -0.2) is 30.9 Å². The van der Waals surface area contributed by atoms with Crippen LogP contribution in [0.15, 0.2) is 30.6 Å². The molecule has 1 N–H and O–H groups in total. The van der Waals surface area contributed by atoms with Crippen molar-refractivity contribution >= 4 is 11.8 Å². The number of aryl methyl sites for hydroxylation is 1. The number of aromatic nitrogens is 3. The van der Waals surface area contributed by atoms with E-state index in [0.29, 0.717) is 17.8 Å². The van der Waals surface area contributed by atoms with Crippen molar-refractivity contribution in [2.24, 2.45) is 0 Å². The molecule has 0 bridgehead atoms. The summed E-state index contributed by atoms with van der Waals surface area (Å²) in [4.78, 5) is 4.15. The maximum atomic E-state index is 12.8. The van der Waals surface area contributed by atoms with E-state index in [1.165, 1.54) is 34.9 Å². The normalized spacial score (nSPS) is 15.2.